The van der Waals surface area contributed by atoms with Crippen molar-refractivity contribution in [3.05, 3.63) is 41.1 Å². The van der Waals surface area contributed by atoms with Gasteiger partial charge < -0.3 is 15.0 Å². The van der Waals surface area contributed by atoms with E-state index in [1.54, 1.807) is 11.8 Å². The number of nitrogens with zero attached hydrogens (tertiary/aromatic N) is 2. The lowest BCUT2D eigenvalue weighted by Gasteiger charge is -2.40. The molecule has 3 rings (SSSR count). The van der Waals surface area contributed by atoms with Gasteiger partial charge in [-0.25, -0.2) is 9.79 Å². The van der Waals surface area contributed by atoms with Crippen molar-refractivity contribution in [3.8, 4) is 0 Å². The van der Waals surface area contributed by atoms with Crippen molar-refractivity contribution in [2.24, 2.45) is 10.9 Å². The number of amidine groups is 1. The van der Waals surface area contributed by atoms with Gasteiger partial charge in [0.1, 0.15) is 0 Å². The number of esters is 1. The van der Waals surface area contributed by atoms with Gasteiger partial charge in [0.05, 0.1) is 23.9 Å². The molecule has 2 aliphatic heterocycles. The van der Waals surface area contributed by atoms with Crippen molar-refractivity contribution in [2.45, 2.75) is 46.6 Å². The van der Waals surface area contributed by atoms with E-state index in [1.165, 1.54) is 0 Å². The average molecular weight is 416 g/mol. The first-order valence-electron chi connectivity index (χ1n) is 10.2. The molecule has 156 valence electrons. The number of aliphatic imine (C=N–C) groups is 1. The third-order valence-electron chi connectivity index (χ3n) is 4.86. The maximum atomic E-state index is 12.7. The molecule has 1 aromatic rings. The Morgan fingerprint density at radius 2 is 2.03 bits per heavy atom. The highest BCUT2D eigenvalue weighted by Gasteiger charge is 2.37. The minimum absolute atomic E-state index is 0.00946. The van der Waals surface area contributed by atoms with E-state index in [0.29, 0.717) is 30.2 Å². The van der Waals surface area contributed by atoms with Crippen LogP contribution in [0.2, 0.25) is 0 Å². The van der Waals surface area contributed by atoms with E-state index in [-0.39, 0.29) is 17.9 Å². The molecule has 0 aromatic heterocycles. The van der Waals surface area contributed by atoms with Crippen molar-refractivity contribution in [1.29, 1.82) is 0 Å². The summed E-state index contributed by atoms with van der Waals surface area (Å²) in [6.07, 6.45) is 1.53. The molecule has 1 N–H and O–H groups in total. The van der Waals surface area contributed by atoms with E-state index >= 15 is 0 Å². The molecule has 1 fully saturated rings. The molecule has 1 atom stereocenters. The van der Waals surface area contributed by atoms with Crippen LogP contribution < -0.4 is 5.32 Å². The van der Waals surface area contributed by atoms with Crippen molar-refractivity contribution in [2.75, 3.05) is 24.2 Å². The summed E-state index contributed by atoms with van der Waals surface area (Å²) in [5.74, 6) is 1.04. The molecule has 0 saturated carbocycles. The van der Waals surface area contributed by atoms with Crippen LogP contribution in [0.4, 0.5) is 5.69 Å². The normalized spacial score (nSPS) is 19.0. The first kappa shape index (κ1) is 21.4. The Morgan fingerprint density at radius 1 is 1.31 bits per heavy atom. The summed E-state index contributed by atoms with van der Waals surface area (Å²) in [7, 11) is 0. The molecule has 0 spiro atoms. The summed E-state index contributed by atoms with van der Waals surface area (Å²) in [6, 6.07) is 7.52. The number of fused-ring (bicyclic) bond motifs is 1. The van der Waals surface area contributed by atoms with E-state index in [0.717, 1.165) is 35.1 Å². The Labute approximate surface area is 176 Å². The van der Waals surface area contributed by atoms with Crippen LogP contribution in [0.15, 0.2) is 40.5 Å². The van der Waals surface area contributed by atoms with Crippen LogP contribution in [0.5, 0.6) is 0 Å². The van der Waals surface area contributed by atoms with Crippen molar-refractivity contribution in [3.63, 3.8) is 0 Å². The van der Waals surface area contributed by atoms with Crippen LogP contribution in [0.3, 0.4) is 0 Å². The number of allylic oxidation sites excluding steroid dienone is 1. The Balaban J connectivity index is 1.90. The van der Waals surface area contributed by atoms with Gasteiger partial charge in [-0.15, -0.1) is 0 Å². The maximum Gasteiger partial charge on any atom is 0.338 e. The third-order valence-corrected chi connectivity index (χ3v) is 5.93. The Morgan fingerprint density at radius 3 is 2.69 bits per heavy atom. The molecule has 2 heterocycles. The molecule has 2 aliphatic rings. The molecule has 1 saturated heterocycles. The van der Waals surface area contributed by atoms with E-state index in [2.05, 4.69) is 15.2 Å². The monoisotopic (exact) mass is 415 g/mol. The largest absolute Gasteiger partial charge is 0.463 e. The first-order chi connectivity index (χ1) is 13.9. The third kappa shape index (κ3) is 5.01. The predicted molar refractivity (Wildman–Crippen MR) is 118 cm³/mol. The van der Waals surface area contributed by atoms with Gasteiger partial charge in [0.2, 0.25) is 5.91 Å². The van der Waals surface area contributed by atoms with Crippen LogP contribution in [0.1, 0.15) is 52.1 Å². The lowest BCUT2D eigenvalue weighted by molar-refractivity contribution is -0.139. The molecule has 29 heavy (non-hydrogen) atoms. The lowest BCUT2D eigenvalue weighted by Crippen LogP contribution is -2.42. The molecular formula is C22H29N3O3S. The summed E-state index contributed by atoms with van der Waals surface area (Å²) >= 11 is 1.73. The standard InChI is InChI=1S/C22H29N3O3S/c1-5-28-21(27)19-15(4)23-22-25(11-6-12-29-22)20(19)16-7-9-17(10-8-16)24-18(26)13-14(2)3/h7-10,14,20H,5-6,11-13H2,1-4H3,(H,24,26)/t20-/m1/s1. The molecule has 0 bridgehead atoms. The topological polar surface area (TPSA) is 71.0 Å². The van der Waals surface area contributed by atoms with Gasteiger partial charge in [-0.2, -0.15) is 0 Å². The minimum Gasteiger partial charge on any atom is -0.463 e. The number of ether oxygens (including phenoxy) is 1. The molecular weight excluding hydrogens is 386 g/mol. The number of carbonyl (C=O) groups excluding carboxylic acids is 2. The zero-order valence-electron chi connectivity index (χ0n) is 17.5. The van der Waals surface area contributed by atoms with Gasteiger partial charge in [0.15, 0.2) is 5.17 Å². The van der Waals surface area contributed by atoms with Crippen molar-refractivity contribution in [1.82, 2.24) is 4.90 Å². The number of anilines is 1. The van der Waals surface area contributed by atoms with Gasteiger partial charge >= 0.3 is 5.97 Å². The van der Waals surface area contributed by atoms with Crippen LogP contribution >= 0.6 is 11.8 Å². The highest BCUT2D eigenvalue weighted by Crippen LogP contribution is 2.40. The number of amides is 1. The number of carbonyl (C=O) groups is 2. The number of hydrogen-bond acceptors (Lipinski definition) is 6. The second-order valence-corrected chi connectivity index (χ2v) is 8.74. The second-order valence-electron chi connectivity index (χ2n) is 7.68. The van der Waals surface area contributed by atoms with Crippen LogP contribution in [-0.4, -0.2) is 40.8 Å². The molecule has 7 heteroatoms. The number of thioether (sulfide) groups is 1. The number of hydrogen-bond donors (Lipinski definition) is 1. The van der Waals surface area contributed by atoms with E-state index in [4.69, 9.17) is 4.74 Å². The molecule has 0 aliphatic carbocycles. The fourth-order valence-electron chi connectivity index (χ4n) is 3.62. The van der Waals surface area contributed by atoms with Gasteiger partial charge in [-0.05, 0) is 43.9 Å². The van der Waals surface area contributed by atoms with Crippen molar-refractivity contribution < 1.29 is 14.3 Å². The molecule has 0 unspecified atom stereocenters. The van der Waals surface area contributed by atoms with Gasteiger partial charge in [0.25, 0.3) is 0 Å². The van der Waals surface area contributed by atoms with Crippen molar-refractivity contribution >= 4 is 34.5 Å². The quantitative estimate of drug-likeness (QED) is 0.699. The summed E-state index contributed by atoms with van der Waals surface area (Å²) in [4.78, 5) is 31.7. The van der Waals surface area contributed by atoms with E-state index < -0.39 is 0 Å². The summed E-state index contributed by atoms with van der Waals surface area (Å²) < 4.78 is 5.34. The molecule has 1 aromatic carbocycles. The Bertz CT molecular complexity index is 830. The Hall–Kier alpha value is -2.28. The molecule has 1 amide bonds. The van der Waals surface area contributed by atoms with Gasteiger partial charge in [-0.1, -0.05) is 37.7 Å². The van der Waals surface area contributed by atoms with Crippen LogP contribution in [0.25, 0.3) is 0 Å². The maximum absolute atomic E-state index is 12.7. The number of rotatable bonds is 6. The summed E-state index contributed by atoms with van der Waals surface area (Å²) in [5, 5.41) is 3.90. The lowest BCUT2D eigenvalue weighted by atomic mass is 9.94. The van der Waals surface area contributed by atoms with Gasteiger partial charge in [0, 0.05) is 24.4 Å². The summed E-state index contributed by atoms with van der Waals surface area (Å²) in [5.41, 5.74) is 3.05. The first-order valence-corrected chi connectivity index (χ1v) is 11.1. The fraction of sp³-hybridized carbons (Fsp3) is 0.500. The van der Waals surface area contributed by atoms with Crippen LogP contribution in [-0.2, 0) is 14.3 Å². The smallest absolute Gasteiger partial charge is 0.338 e. The number of benzene rings is 1. The zero-order chi connectivity index (χ0) is 21.0. The Kier molecular flexibility index (Phi) is 7.00. The van der Waals surface area contributed by atoms with E-state index in [9.17, 15) is 9.59 Å². The predicted octanol–water partition coefficient (Wildman–Crippen LogP) is 4.36. The van der Waals surface area contributed by atoms with Crippen LogP contribution in [0, 0.1) is 5.92 Å². The van der Waals surface area contributed by atoms with Gasteiger partial charge in [-0.3, -0.25) is 4.79 Å². The SMILES string of the molecule is CCOC(=O)C1=C(C)N=C2SCCCN2[C@@H]1c1ccc(NC(=O)CC(C)C)cc1. The number of nitrogens with one attached hydrogen (secondary N) is 1. The minimum atomic E-state index is -0.317. The second kappa shape index (κ2) is 9.48. The zero-order valence-corrected chi connectivity index (χ0v) is 18.3. The highest BCUT2D eigenvalue weighted by atomic mass is 32.2. The molecule has 0 radical (unpaired) electrons. The van der Waals surface area contributed by atoms with E-state index in [1.807, 2.05) is 52.0 Å². The molecule has 6 nitrogen and oxygen atoms in total. The highest BCUT2D eigenvalue weighted by molar-refractivity contribution is 8.13. The fourth-order valence-corrected chi connectivity index (χ4v) is 4.64. The average Bonchev–Trinajstić information content (AvgIpc) is 2.67. The summed E-state index contributed by atoms with van der Waals surface area (Å²) in [6.45, 7) is 8.90.